The standard InChI is InChI=1S/C14H22N2O3/c1-3-16(4-2)6-5-15-9-11-7-13-14(8-12(11)17)19-10-18-13/h7-8,15,17H,3-6,9-10H2,1-2H3. The van der Waals surface area contributed by atoms with Gasteiger partial charge in [0.25, 0.3) is 0 Å². The first-order chi connectivity index (χ1) is 9.24. The summed E-state index contributed by atoms with van der Waals surface area (Å²) in [6, 6.07) is 3.45. The van der Waals surface area contributed by atoms with Crippen LogP contribution in [0, 0.1) is 0 Å². The third-order valence-corrected chi connectivity index (χ3v) is 3.39. The van der Waals surface area contributed by atoms with Crippen LogP contribution in [0.2, 0.25) is 0 Å². The lowest BCUT2D eigenvalue weighted by atomic mass is 10.1. The van der Waals surface area contributed by atoms with Crippen molar-refractivity contribution in [2.75, 3.05) is 33.0 Å². The number of nitrogens with one attached hydrogen (secondary N) is 1. The fourth-order valence-electron chi connectivity index (χ4n) is 2.11. The Morgan fingerprint density at radius 2 is 1.89 bits per heavy atom. The predicted octanol–water partition coefficient (Wildman–Crippen LogP) is 1.55. The zero-order valence-corrected chi connectivity index (χ0v) is 11.6. The van der Waals surface area contributed by atoms with Gasteiger partial charge in [-0.15, -0.1) is 0 Å². The van der Waals surface area contributed by atoms with Crippen LogP contribution in [0.3, 0.4) is 0 Å². The summed E-state index contributed by atoms with van der Waals surface area (Å²) in [6.45, 7) is 9.21. The summed E-state index contributed by atoms with van der Waals surface area (Å²) in [7, 11) is 0. The molecule has 106 valence electrons. The maximum absolute atomic E-state index is 9.89. The Balaban J connectivity index is 1.83. The van der Waals surface area contributed by atoms with Crippen LogP contribution in [0.5, 0.6) is 17.2 Å². The second kappa shape index (κ2) is 6.63. The maximum atomic E-state index is 9.89. The molecule has 1 aromatic carbocycles. The normalized spacial score (nSPS) is 13.2. The van der Waals surface area contributed by atoms with E-state index in [1.165, 1.54) is 0 Å². The summed E-state index contributed by atoms with van der Waals surface area (Å²) in [5.41, 5.74) is 0.837. The molecule has 5 heteroatoms. The zero-order valence-electron chi connectivity index (χ0n) is 11.6. The van der Waals surface area contributed by atoms with E-state index >= 15 is 0 Å². The topological polar surface area (TPSA) is 54.0 Å². The molecule has 0 spiro atoms. The quantitative estimate of drug-likeness (QED) is 0.733. The minimum atomic E-state index is 0.230. The second-order valence-corrected chi connectivity index (χ2v) is 4.54. The molecule has 1 aliphatic heterocycles. The Kier molecular flexibility index (Phi) is 4.87. The van der Waals surface area contributed by atoms with Gasteiger partial charge >= 0.3 is 0 Å². The Bertz CT molecular complexity index is 419. The van der Waals surface area contributed by atoms with Crippen LogP contribution in [-0.2, 0) is 6.54 Å². The second-order valence-electron chi connectivity index (χ2n) is 4.54. The van der Waals surface area contributed by atoms with Gasteiger partial charge in [-0.25, -0.2) is 0 Å². The van der Waals surface area contributed by atoms with Crippen molar-refractivity contribution in [2.45, 2.75) is 20.4 Å². The van der Waals surface area contributed by atoms with Crippen LogP contribution in [0.25, 0.3) is 0 Å². The molecule has 1 heterocycles. The molecule has 1 aliphatic rings. The van der Waals surface area contributed by atoms with Gasteiger partial charge in [0.05, 0.1) is 0 Å². The van der Waals surface area contributed by atoms with Gasteiger partial charge in [0.1, 0.15) is 5.75 Å². The van der Waals surface area contributed by atoms with Gasteiger partial charge in [0.2, 0.25) is 6.79 Å². The van der Waals surface area contributed by atoms with Gasteiger partial charge in [0, 0.05) is 31.3 Å². The number of phenols is 1. The lowest BCUT2D eigenvalue weighted by molar-refractivity contribution is 0.174. The Hall–Kier alpha value is -1.46. The van der Waals surface area contributed by atoms with E-state index in [9.17, 15) is 5.11 Å². The fourth-order valence-corrected chi connectivity index (χ4v) is 2.11. The Labute approximate surface area is 114 Å². The summed E-state index contributed by atoms with van der Waals surface area (Å²) in [4.78, 5) is 2.35. The first kappa shape index (κ1) is 14.0. The molecule has 0 bridgehead atoms. The van der Waals surface area contributed by atoms with Crippen LogP contribution in [-0.4, -0.2) is 43.0 Å². The van der Waals surface area contributed by atoms with Gasteiger partial charge in [-0.05, 0) is 19.2 Å². The molecule has 0 saturated carbocycles. The minimum Gasteiger partial charge on any atom is -0.507 e. The van der Waals surface area contributed by atoms with E-state index in [1.54, 1.807) is 6.07 Å². The molecule has 0 unspecified atom stereocenters. The summed E-state index contributed by atoms with van der Waals surface area (Å²) >= 11 is 0. The third-order valence-electron chi connectivity index (χ3n) is 3.39. The molecule has 0 amide bonds. The molecule has 0 radical (unpaired) electrons. The van der Waals surface area contributed by atoms with Crippen molar-refractivity contribution in [1.29, 1.82) is 0 Å². The molecule has 1 aromatic rings. The molecule has 0 saturated heterocycles. The first-order valence-electron chi connectivity index (χ1n) is 6.79. The van der Waals surface area contributed by atoms with Crippen molar-refractivity contribution < 1.29 is 14.6 Å². The van der Waals surface area contributed by atoms with Crippen molar-refractivity contribution in [3.05, 3.63) is 17.7 Å². The van der Waals surface area contributed by atoms with Crippen molar-refractivity contribution >= 4 is 0 Å². The molecule has 0 fully saturated rings. The maximum Gasteiger partial charge on any atom is 0.231 e. The number of hydrogen-bond acceptors (Lipinski definition) is 5. The number of fused-ring (bicyclic) bond motifs is 1. The van der Waals surface area contributed by atoms with Crippen LogP contribution < -0.4 is 14.8 Å². The number of aromatic hydroxyl groups is 1. The summed E-state index contributed by atoms with van der Waals surface area (Å²) in [6.07, 6.45) is 0. The molecule has 5 nitrogen and oxygen atoms in total. The van der Waals surface area contributed by atoms with Crippen LogP contribution >= 0.6 is 0 Å². The van der Waals surface area contributed by atoms with Crippen LogP contribution in [0.1, 0.15) is 19.4 Å². The van der Waals surface area contributed by atoms with Crippen LogP contribution in [0.4, 0.5) is 0 Å². The van der Waals surface area contributed by atoms with E-state index in [4.69, 9.17) is 9.47 Å². The van der Waals surface area contributed by atoms with E-state index in [0.717, 1.165) is 31.7 Å². The Morgan fingerprint density at radius 1 is 1.21 bits per heavy atom. The smallest absolute Gasteiger partial charge is 0.231 e. The van der Waals surface area contributed by atoms with Crippen molar-refractivity contribution in [3.63, 3.8) is 0 Å². The van der Waals surface area contributed by atoms with Crippen molar-refractivity contribution in [1.82, 2.24) is 10.2 Å². The highest BCUT2D eigenvalue weighted by molar-refractivity contribution is 5.51. The van der Waals surface area contributed by atoms with Crippen molar-refractivity contribution in [2.24, 2.45) is 0 Å². The molecular formula is C14H22N2O3. The Morgan fingerprint density at radius 3 is 2.58 bits per heavy atom. The van der Waals surface area contributed by atoms with E-state index in [-0.39, 0.29) is 12.5 Å². The van der Waals surface area contributed by atoms with E-state index in [0.29, 0.717) is 18.0 Å². The molecular weight excluding hydrogens is 244 g/mol. The highest BCUT2D eigenvalue weighted by Crippen LogP contribution is 2.37. The van der Waals surface area contributed by atoms with E-state index in [1.807, 2.05) is 6.07 Å². The number of rotatable bonds is 7. The summed E-state index contributed by atoms with van der Waals surface area (Å²) < 4.78 is 10.5. The molecule has 19 heavy (non-hydrogen) atoms. The average Bonchev–Trinajstić information content (AvgIpc) is 2.86. The highest BCUT2D eigenvalue weighted by atomic mass is 16.7. The van der Waals surface area contributed by atoms with Gasteiger partial charge < -0.3 is 24.8 Å². The lowest BCUT2D eigenvalue weighted by Crippen LogP contribution is -2.31. The number of phenolic OH excluding ortho intramolecular Hbond substituents is 1. The van der Waals surface area contributed by atoms with Crippen LogP contribution in [0.15, 0.2) is 12.1 Å². The number of likely N-dealkylation sites (N-methyl/N-ethyl adjacent to an activating group) is 1. The number of ether oxygens (including phenoxy) is 2. The largest absolute Gasteiger partial charge is 0.507 e. The van der Waals surface area contributed by atoms with Gasteiger partial charge in [-0.2, -0.15) is 0 Å². The molecule has 0 aliphatic carbocycles. The van der Waals surface area contributed by atoms with Gasteiger partial charge in [-0.3, -0.25) is 0 Å². The zero-order chi connectivity index (χ0) is 13.7. The monoisotopic (exact) mass is 266 g/mol. The highest BCUT2D eigenvalue weighted by Gasteiger charge is 2.16. The van der Waals surface area contributed by atoms with E-state index in [2.05, 4.69) is 24.1 Å². The molecule has 0 aromatic heterocycles. The summed E-state index contributed by atoms with van der Waals surface area (Å²) in [5.74, 6) is 1.57. The van der Waals surface area contributed by atoms with E-state index < -0.39 is 0 Å². The number of hydrogen-bond donors (Lipinski definition) is 2. The number of benzene rings is 1. The number of nitrogens with zero attached hydrogens (tertiary/aromatic N) is 1. The molecule has 0 atom stereocenters. The average molecular weight is 266 g/mol. The van der Waals surface area contributed by atoms with Gasteiger partial charge in [-0.1, -0.05) is 13.8 Å². The summed E-state index contributed by atoms with van der Waals surface area (Å²) in [5, 5.41) is 13.2. The van der Waals surface area contributed by atoms with Gasteiger partial charge in [0.15, 0.2) is 11.5 Å². The third kappa shape index (κ3) is 3.52. The molecule has 2 rings (SSSR count). The predicted molar refractivity (Wildman–Crippen MR) is 73.7 cm³/mol. The molecule has 2 N–H and O–H groups in total. The SMILES string of the molecule is CCN(CC)CCNCc1cc2c(cc1O)OCO2. The lowest BCUT2D eigenvalue weighted by Gasteiger charge is -2.18. The fraction of sp³-hybridized carbons (Fsp3) is 0.571. The minimum absolute atomic E-state index is 0.230. The van der Waals surface area contributed by atoms with Crippen molar-refractivity contribution in [3.8, 4) is 17.2 Å². The first-order valence-corrected chi connectivity index (χ1v) is 6.79.